The number of esters is 4. The van der Waals surface area contributed by atoms with E-state index in [9.17, 15) is 29.4 Å². The monoisotopic (exact) mass is 1160 g/mol. The number of epoxide rings is 1. The Morgan fingerprint density at radius 1 is 0.595 bits per heavy atom. The lowest BCUT2D eigenvalue weighted by molar-refractivity contribution is -0.159. The van der Waals surface area contributed by atoms with Gasteiger partial charge in [0.05, 0.1) is 37.6 Å². The summed E-state index contributed by atoms with van der Waals surface area (Å²) in [6.45, 7) is 6.02. The van der Waals surface area contributed by atoms with E-state index in [1.807, 2.05) is 0 Å². The van der Waals surface area contributed by atoms with E-state index in [-0.39, 0.29) is 36.8 Å². The average Bonchev–Trinajstić information content (AvgIpc) is 4.29. The maximum absolute atomic E-state index is 13.0. The zero-order valence-electron chi connectivity index (χ0n) is 48.3. The molecule has 1 aromatic rings. The van der Waals surface area contributed by atoms with Crippen molar-refractivity contribution < 1.29 is 79.0 Å². The summed E-state index contributed by atoms with van der Waals surface area (Å²) in [7, 11) is -3.53. The molecule has 5 fully saturated rings. The van der Waals surface area contributed by atoms with Crippen molar-refractivity contribution in [2.24, 2.45) is 17.8 Å². The highest BCUT2D eigenvalue weighted by atomic mass is 28.5. The smallest absolute Gasteiger partial charge is 0.466 e. The molecule has 20 heteroatoms. The number of carbonyl (C=O) groups excluding carboxylic acids is 4. The first-order valence-electron chi connectivity index (χ1n) is 29.9. The average molecular weight is 1160 g/mol. The van der Waals surface area contributed by atoms with Gasteiger partial charge >= 0.3 is 50.0 Å². The van der Waals surface area contributed by atoms with Gasteiger partial charge in [-0.1, -0.05) is 50.1 Å². The number of aliphatic hydroxyl groups excluding tert-OH is 2. The van der Waals surface area contributed by atoms with E-state index < -0.39 is 62.5 Å². The standard InChI is InChI=1S/C59H96O17Si3/c1-7-56(62)70-36-15-9-13-19-57(63)71-37-16-10-14-20-58(64)73-52-29-23-45(41-50(52)60)34-39-78(67-3,68-4)76-79(69-5,75-77(6,66-2)38-33-47-25-31-54-55(43-47)72-54)40-35-46-24-30-53(51(61)42-46)74-59(65)32-26-44-21-27-49(28-22-44)48-17-11-8-12-18-48/h7,21-22,26-28,32,45-48,50-55,60-61H,1,8-20,23-25,29-31,33-43H2,2-6H3/b32-26+. The maximum Gasteiger partial charge on any atom is 0.493 e. The van der Waals surface area contributed by atoms with Crippen molar-refractivity contribution in [3.05, 3.63) is 54.1 Å². The Morgan fingerprint density at radius 3 is 1.76 bits per heavy atom. The van der Waals surface area contributed by atoms with Gasteiger partial charge in [0, 0.05) is 65.5 Å². The Labute approximate surface area is 474 Å². The van der Waals surface area contributed by atoms with Crippen molar-refractivity contribution in [3.8, 4) is 0 Å². The van der Waals surface area contributed by atoms with Crippen LogP contribution in [0.25, 0.3) is 6.08 Å². The zero-order chi connectivity index (χ0) is 56.7. The first-order chi connectivity index (χ1) is 38.1. The third-order valence-corrected chi connectivity index (χ3v) is 28.5. The third-order valence-electron chi connectivity index (χ3n) is 17.3. The molecule has 446 valence electrons. The van der Waals surface area contributed by atoms with Gasteiger partial charge < -0.3 is 59.8 Å². The molecule has 6 rings (SSSR count). The van der Waals surface area contributed by atoms with Crippen molar-refractivity contribution in [1.29, 1.82) is 0 Å². The van der Waals surface area contributed by atoms with Crippen LogP contribution in [-0.4, -0.2) is 139 Å². The van der Waals surface area contributed by atoms with Crippen LogP contribution in [-0.2, 0) is 68.8 Å². The molecule has 1 aliphatic heterocycles. The third kappa shape index (κ3) is 21.9. The summed E-state index contributed by atoms with van der Waals surface area (Å²) in [6.07, 6.45) is 22.0. The second kappa shape index (κ2) is 33.2. The Hall–Kier alpha value is -3.13. The predicted molar refractivity (Wildman–Crippen MR) is 304 cm³/mol. The maximum atomic E-state index is 13.0. The molecule has 11 unspecified atom stereocenters. The predicted octanol–water partition coefficient (Wildman–Crippen LogP) is 10.6. The van der Waals surface area contributed by atoms with Crippen LogP contribution in [0.3, 0.4) is 0 Å². The van der Waals surface area contributed by atoms with Crippen molar-refractivity contribution >= 4 is 56.1 Å². The minimum Gasteiger partial charge on any atom is -0.466 e. The van der Waals surface area contributed by atoms with Gasteiger partial charge in [-0.3, -0.25) is 9.59 Å². The molecule has 0 radical (unpaired) electrons. The molecule has 0 aromatic heterocycles. The summed E-state index contributed by atoms with van der Waals surface area (Å²) in [5.41, 5.74) is 2.30. The summed E-state index contributed by atoms with van der Waals surface area (Å²) < 4.78 is 67.5. The second-order valence-electron chi connectivity index (χ2n) is 23.1. The zero-order valence-corrected chi connectivity index (χ0v) is 51.3. The number of carbonyl (C=O) groups is 4. The number of hydrogen-bond donors (Lipinski definition) is 2. The summed E-state index contributed by atoms with van der Waals surface area (Å²) in [5, 5.41) is 22.7. The van der Waals surface area contributed by atoms with Crippen molar-refractivity contribution in [2.75, 3.05) is 41.7 Å². The number of ether oxygens (including phenoxy) is 5. The quantitative estimate of drug-likeness (QED) is 0.0161. The van der Waals surface area contributed by atoms with Gasteiger partial charge in [-0.2, -0.15) is 0 Å². The molecule has 79 heavy (non-hydrogen) atoms. The summed E-state index contributed by atoms with van der Waals surface area (Å²) in [6, 6.07) is 10.1. The van der Waals surface area contributed by atoms with Crippen LogP contribution in [0, 0.1) is 17.8 Å². The number of fused-ring (bicyclic) bond motifs is 1. The Balaban J connectivity index is 0.969. The molecule has 0 amide bonds. The van der Waals surface area contributed by atoms with Crippen LogP contribution < -0.4 is 0 Å². The van der Waals surface area contributed by atoms with Crippen molar-refractivity contribution in [3.63, 3.8) is 0 Å². The molecule has 11 atom stereocenters. The minimum atomic E-state index is -3.66. The highest BCUT2D eigenvalue weighted by Gasteiger charge is 2.56. The van der Waals surface area contributed by atoms with Crippen LogP contribution >= 0.6 is 0 Å². The van der Waals surface area contributed by atoms with E-state index in [1.165, 1.54) is 43.7 Å². The highest BCUT2D eigenvalue weighted by molar-refractivity contribution is 6.82. The SMILES string of the molecule is C=CC(=O)OCCCCCC(=O)OCCCCCC(=O)OC1CCC(CC[Si](OC)(OC)O[Si](CCC2CCC(OC(=O)/C=C/c3ccc(C4CCCCC4)cc3)C(O)C2)(OC)O[Si](C)(CCC2CCC3OC3C2)OC)CC1O. The lowest BCUT2D eigenvalue weighted by Gasteiger charge is -2.42. The van der Waals surface area contributed by atoms with Gasteiger partial charge in [-0.15, -0.1) is 0 Å². The van der Waals surface area contributed by atoms with E-state index in [2.05, 4.69) is 37.4 Å². The summed E-state index contributed by atoms with van der Waals surface area (Å²) in [4.78, 5) is 49.1. The molecule has 1 aromatic carbocycles. The lowest BCUT2D eigenvalue weighted by Crippen LogP contribution is -2.62. The molecule has 4 aliphatic carbocycles. The molecule has 1 heterocycles. The first kappa shape index (κ1) is 65.0. The second-order valence-corrected chi connectivity index (χ2v) is 32.8. The molecule has 0 bridgehead atoms. The Kier molecular flexibility index (Phi) is 27.4. The Morgan fingerprint density at radius 2 is 1.16 bits per heavy atom. The van der Waals surface area contributed by atoms with E-state index in [0.717, 1.165) is 62.6 Å². The number of rotatable bonds is 35. The van der Waals surface area contributed by atoms with Gasteiger partial charge in [-0.25, -0.2) is 9.59 Å². The molecule has 2 N–H and O–H groups in total. The van der Waals surface area contributed by atoms with Crippen molar-refractivity contribution in [1.82, 2.24) is 0 Å². The van der Waals surface area contributed by atoms with Gasteiger partial charge in [0.2, 0.25) is 0 Å². The van der Waals surface area contributed by atoms with E-state index in [0.29, 0.717) is 120 Å². The van der Waals surface area contributed by atoms with Crippen LogP contribution in [0.5, 0.6) is 0 Å². The first-order valence-corrected chi connectivity index (χ1v) is 36.2. The molecule has 17 nitrogen and oxygen atoms in total. The van der Waals surface area contributed by atoms with Gasteiger partial charge in [0.25, 0.3) is 0 Å². The lowest BCUT2D eigenvalue weighted by atomic mass is 9.84. The largest absolute Gasteiger partial charge is 0.493 e. The fourth-order valence-corrected chi connectivity index (χ4v) is 24.0. The van der Waals surface area contributed by atoms with Crippen LogP contribution in [0.4, 0.5) is 0 Å². The van der Waals surface area contributed by atoms with Crippen LogP contribution in [0.2, 0.25) is 24.7 Å². The molecular weight excluding hydrogens is 1060 g/mol. The topological polar surface area (TPSA) is 214 Å². The van der Waals surface area contributed by atoms with Crippen LogP contribution in [0.15, 0.2) is 43.0 Å². The number of unbranched alkanes of at least 4 members (excludes halogenated alkanes) is 4. The highest BCUT2D eigenvalue weighted by Crippen LogP contribution is 2.43. The molecule has 0 spiro atoms. The summed E-state index contributed by atoms with van der Waals surface area (Å²) in [5.74, 6) is -0.218. The molecule has 4 saturated carbocycles. The van der Waals surface area contributed by atoms with Gasteiger partial charge in [0.15, 0.2) is 0 Å². The van der Waals surface area contributed by atoms with Gasteiger partial charge in [-0.05, 0) is 182 Å². The Bertz CT molecular complexity index is 2050. The van der Waals surface area contributed by atoms with Gasteiger partial charge in [0.1, 0.15) is 12.2 Å². The normalized spacial score (nSPS) is 27.0. The number of hydrogen-bond acceptors (Lipinski definition) is 17. The van der Waals surface area contributed by atoms with E-state index in [4.69, 9.17) is 49.6 Å². The van der Waals surface area contributed by atoms with Crippen LogP contribution in [0.1, 0.15) is 178 Å². The van der Waals surface area contributed by atoms with Crippen molar-refractivity contribution in [2.45, 2.75) is 228 Å². The molecule has 5 aliphatic rings. The van der Waals surface area contributed by atoms with E-state index in [1.54, 1.807) is 34.5 Å². The van der Waals surface area contributed by atoms with E-state index >= 15 is 0 Å². The molecule has 1 saturated heterocycles. The summed E-state index contributed by atoms with van der Waals surface area (Å²) >= 11 is 0. The minimum absolute atomic E-state index is 0.0852. The molecular formula is C59H96O17Si3. The number of aliphatic hydroxyl groups is 2. The fourth-order valence-electron chi connectivity index (χ4n) is 12.2. The number of benzene rings is 1. The fraction of sp³-hybridized carbons (Fsp3) is 0.763.